The predicted molar refractivity (Wildman–Crippen MR) is 283 cm³/mol. The Labute approximate surface area is 454 Å². The van der Waals surface area contributed by atoms with Crippen LogP contribution in [0.15, 0.2) is 161 Å². The van der Waals surface area contributed by atoms with E-state index in [0.717, 1.165) is 9.92 Å². The molecule has 18 heteroatoms. The minimum absolute atomic E-state index is 0.0874. The number of carbonyl (C=O) groups is 6. The number of aliphatic hydroxyl groups is 2. The molecule has 9 rings (SSSR count). The number of rotatable bonds is 15. The van der Waals surface area contributed by atoms with Gasteiger partial charge in [0.2, 0.25) is 0 Å². The number of hydrogen-bond acceptors (Lipinski definition) is 17. The van der Waals surface area contributed by atoms with E-state index >= 15 is 4.79 Å². The highest BCUT2D eigenvalue weighted by Gasteiger charge is 2.78. The molecule has 1 amide bonds. The van der Waals surface area contributed by atoms with Gasteiger partial charge in [-0.1, -0.05) is 116 Å². The van der Waals surface area contributed by atoms with E-state index < -0.39 is 113 Å². The minimum Gasteiger partial charge on any atom is -0.456 e. The maximum atomic E-state index is 16.1. The van der Waals surface area contributed by atoms with Crippen molar-refractivity contribution in [3.05, 3.63) is 173 Å². The number of carbonyl (C=O) groups excluding carboxylic acids is 6. The van der Waals surface area contributed by atoms with Crippen molar-refractivity contribution >= 4 is 57.3 Å². The lowest BCUT2D eigenvalue weighted by atomic mass is 9.43. The fraction of sp³-hybridized carbons (Fsp3) is 0.373. The van der Waals surface area contributed by atoms with Crippen LogP contribution in [0.4, 0.5) is 4.79 Å². The molecule has 1 aromatic heterocycles. The summed E-state index contributed by atoms with van der Waals surface area (Å²) in [7, 11) is 3.01. The molecule has 0 spiro atoms. The first-order chi connectivity index (χ1) is 36.8. The Morgan fingerprint density at radius 1 is 0.818 bits per heavy atom. The third kappa shape index (κ3) is 10.5. The van der Waals surface area contributed by atoms with Crippen LogP contribution in [0.5, 0.6) is 0 Å². The number of Topliss-reactive ketones (excluding diaryl/α,β-unsaturated/α-hetero) is 1. The van der Waals surface area contributed by atoms with Crippen LogP contribution in [0.1, 0.15) is 92.3 Å². The van der Waals surface area contributed by atoms with E-state index in [1.807, 2.05) is 42.5 Å². The average Bonchev–Trinajstić information content (AvgIpc) is 3.43. The molecule has 2 saturated carbocycles. The average molecular weight is 1090 g/mol. The van der Waals surface area contributed by atoms with Crippen molar-refractivity contribution in [2.75, 3.05) is 6.61 Å². The molecular formula is C59H60N2O14S2. The van der Waals surface area contributed by atoms with Crippen molar-refractivity contribution in [3.63, 3.8) is 0 Å². The SMILES string of the molecule is CC(=O)O[C@@]12COC1C[C@H](OC(=O)OCc1ccc(SSc3ccccn3)cc1)[C@@]1(C)C(=O)[C@H](C)C3=C(C)C(OC(=O)[C@H](O)C(NC(=O)c4ccccc4)c4ccccc4)C[C@@](O)([C@@H](OC(=O)c4ccccc4)[C@@H]12)C3(C)C. The number of aliphatic hydroxyl groups excluding tert-OH is 1. The quantitative estimate of drug-likeness (QED) is 0.0385. The number of ether oxygens (including phenoxy) is 6. The zero-order valence-electron chi connectivity index (χ0n) is 43.3. The molecule has 4 aliphatic rings. The summed E-state index contributed by atoms with van der Waals surface area (Å²) < 4.78 is 37.2. The molecule has 2 bridgehead atoms. The van der Waals surface area contributed by atoms with Gasteiger partial charge in [-0.3, -0.25) is 14.4 Å². The molecule has 4 aromatic carbocycles. The highest BCUT2D eigenvalue weighted by atomic mass is 33.1. The Bertz CT molecular complexity index is 3040. The Morgan fingerprint density at radius 2 is 1.45 bits per heavy atom. The largest absolute Gasteiger partial charge is 0.508 e. The van der Waals surface area contributed by atoms with Crippen molar-refractivity contribution < 1.29 is 67.4 Å². The smallest absolute Gasteiger partial charge is 0.456 e. The third-order valence-corrected chi connectivity index (χ3v) is 18.2. The molecule has 16 nitrogen and oxygen atoms in total. The number of ketones is 1. The predicted octanol–water partition coefficient (Wildman–Crippen LogP) is 9.00. The standard InChI is InChI=1S/C59H60N2O14S2/c1-34-42(72-54(67)48(63)47(38-18-10-7-11-19-38)61-52(65)39-20-12-8-13-21-39)31-59(69)51(74-53(66)40-22-14-9-15-23-40)49-57(6,50(64)35(2)46(34)56(59,4)5)43(30-44-58(49,33-71-44)75-36(3)62)73-55(68)70-32-37-25-27-41(28-26-37)76-77-45-24-16-17-29-60-45/h7-29,35,42-44,47-49,51,63,69H,30-33H2,1-6H3,(H,61,65)/t35-,42?,43+,44?,47?,48-,49+,51+,57-,58+,59-/m1/s1. The van der Waals surface area contributed by atoms with E-state index in [2.05, 4.69) is 10.3 Å². The van der Waals surface area contributed by atoms with Gasteiger partial charge in [0.15, 0.2) is 11.7 Å². The molecule has 402 valence electrons. The molecule has 3 aliphatic carbocycles. The summed E-state index contributed by atoms with van der Waals surface area (Å²) in [5, 5.41) is 29.6. The molecule has 3 fully saturated rings. The van der Waals surface area contributed by atoms with Crippen LogP contribution in [0.2, 0.25) is 0 Å². The molecule has 2 heterocycles. The van der Waals surface area contributed by atoms with Gasteiger partial charge < -0.3 is 44.0 Å². The fourth-order valence-corrected chi connectivity index (χ4v) is 13.8. The van der Waals surface area contributed by atoms with Gasteiger partial charge >= 0.3 is 24.1 Å². The molecule has 77 heavy (non-hydrogen) atoms. The van der Waals surface area contributed by atoms with E-state index in [4.69, 9.17) is 28.4 Å². The van der Waals surface area contributed by atoms with Gasteiger partial charge in [-0.05, 0) is 95.4 Å². The number of nitrogens with zero attached hydrogens (tertiary/aromatic N) is 1. The summed E-state index contributed by atoms with van der Waals surface area (Å²) in [5.41, 5.74) is -5.36. The second kappa shape index (κ2) is 22.3. The van der Waals surface area contributed by atoms with Crippen LogP contribution >= 0.6 is 21.6 Å². The molecule has 1 aliphatic heterocycles. The van der Waals surface area contributed by atoms with E-state index in [9.17, 15) is 34.2 Å². The monoisotopic (exact) mass is 1080 g/mol. The summed E-state index contributed by atoms with van der Waals surface area (Å²) in [5.74, 6) is -6.56. The van der Waals surface area contributed by atoms with Gasteiger partial charge in [-0.2, -0.15) is 0 Å². The van der Waals surface area contributed by atoms with Crippen LogP contribution in [0.25, 0.3) is 0 Å². The van der Waals surface area contributed by atoms with Gasteiger partial charge in [0, 0.05) is 47.8 Å². The highest BCUT2D eigenvalue weighted by molar-refractivity contribution is 8.76. The van der Waals surface area contributed by atoms with Crippen molar-refractivity contribution in [1.82, 2.24) is 10.3 Å². The normalized spacial score (nSPS) is 27.8. The molecule has 5 aromatic rings. The maximum absolute atomic E-state index is 16.1. The molecule has 3 unspecified atom stereocenters. The fourth-order valence-electron chi connectivity index (χ4n) is 12.0. The van der Waals surface area contributed by atoms with Crippen LogP contribution in [-0.2, 0) is 49.4 Å². The van der Waals surface area contributed by atoms with Gasteiger partial charge in [0.1, 0.15) is 47.4 Å². The van der Waals surface area contributed by atoms with Crippen LogP contribution in [-0.4, -0.2) is 99.3 Å². The van der Waals surface area contributed by atoms with E-state index in [1.54, 1.807) is 120 Å². The zero-order valence-corrected chi connectivity index (χ0v) is 44.9. The van der Waals surface area contributed by atoms with Gasteiger partial charge in [-0.25, -0.2) is 19.4 Å². The van der Waals surface area contributed by atoms with Crippen molar-refractivity contribution in [2.45, 2.75) is 119 Å². The number of hydrogen-bond donors (Lipinski definition) is 3. The third-order valence-electron chi connectivity index (χ3n) is 15.9. The van der Waals surface area contributed by atoms with Crippen molar-refractivity contribution in [3.8, 4) is 0 Å². The van der Waals surface area contributed by atoms with Crippen LogP contribution in [0, 0.1) is 22.7 Å². The summed E-state index contributed by atoms with van der Waals surface area (Å²) in [6.45, 7) is 8.98. The Balaban J connectivity index is 1.08. The molecule has 0 radical (unpaired) electrons. The molecule has 3 N–H and O–H groups in total. The first-order valence-electron chi connectivity index (χ1n) is 25.3. The number of amides is 1. The number of fused-ring (bicyclic) bond motifs is 5. The summed E-state index contributed by atoms with van der Waals surface area (Å²) in [4.78, 5) is 91.5. The lowest BCUT2D eigenvalue weighted by Gasteiger charge is -2.67. The first-order valence-corrected chi connectivity index (χ1v) is 27.5. The van der Waals surface area contributed by atoms with Crippen molar-refractivity contribution in [1.29, 1.82) is 0 Å². The van der Waals surface area contributed by atoms with E-state index in [-0.39, 0.29) is 30.8 Å². The molecule has 1 saturated heterocycles. The molecule has 11 atom stereocenters. The highest BCUT2D eigenvalue weighted by Crippen LogP contribution is 2.65. The van der Waals surface area contributed by atoms with Crippen LogP contribution < -0.4 is 5.32 Å². The Hall–Kier alpha value is -6.83. The van der Waals surface area contributed by atoms with Gasteiger partial charge in [0.25, 0.3) is 5.91 Å². The summed E-state index contributed by atoms with van der Waals surface area (Å²) in [6, 6.07) is 36.4. The van der Waals surface area contributed by atoms with Gasteiger partial charge in [-0.15, -0.1) is 0 Å². The summed E-state index contributed by atoms with van der Waals surface area (Å²) in [6.07, 6.45) is -7.63. The number of benzene rings is 4. The van der Waals surface area contributed by atoms with E-state index in [0.29, 0.717) is 22.3 Å². The second-order valence-corrected chi connectivity index (χ2v) is 22.9. The summed E-state index contributed by atoms with van der Waals surface area (Å²) >= 11 is 0. The Kier molecular flexibility index (Phi) is 15.9. The number of aromatic nitrogens is 1. The lowest BCUT2D eigenvalue weighted by molar-refractivity contribution is -0.345. The van der Waals surface area contributed by atoms with E-state index in [1.165, 1.54) is 40.6 Å². The Morgan fingerprint density at radius 3 is 2.06 bits per heavy atom. The minimum atomic E-state index is -2.31. The lowest BCUT2D eigenvalue weighted by Crippen LogP contribution is -2.81. The number of pyridine rings is 1. The second-order valence-electron chi connectivity index (χ2n) is 20.7. The zero-order chi connectivity index (χ0) is 54.9. The topological polar surface area (TPSA) is 223 Å². The first kappa shape index (κ1) is 54.9. The number of nitrogens with one attached hydrogen (secondary N) is 1. The van der Waals surface area contributed by atoms with Crippen LogP contribution in [0.3, 0.4) is 0 Å². The maximum Gasteiger partial charge on any atom is 0.508 e. The number of esters is 3. The van der Waals surface area contributed by atoms with Gasteiger partial charge in [0.05, 0.1) is 29.5 Å². The molecular weight excluding hydrogens is 1020 g/mol. The van der Waals surface area contributed by atoms with Crippen molar-refractivity contribution in [2.24, 2.45) is 22.7 Å².